The number of rotatable bonds is 10. The molecule has 5 nitrogen and oxygen atoms in total. The van der Waals surface area contributed by atoms with Gasteiger partial charge in [-0.25, -0.2) is 0 Å². The van der Waals surface area contributed by atoms with Gasteiger partial charge in [-0.15, -0.1) is 0 Å². The van der Waals surface area contributed by atoms with Crippen LogP contribution in [-0.4, -0.2) is 16.5 Å². The molecule has 0 aliphatic carbocycles. The molecule has 2 aromatic heterocycles. The lowest BCUT2D eigenvalue weighted by Crippen LogP contribution is -2.13. The van der Waals surface area contributed by atoms with Crippen LogP contribution < -0.4 is 16.0 Å². The molecular weight excluding hydrogens is 418 g/mol. The maximum Gasteiger partial charge on any atom is 0.0562 e. The molecule has 5 rings (SSSR count). The van der Waals surface area contributed by atoms with Crippen molar-refractivity contribution in [3.63, 3.8) is 0 Å². The molecule has 5 heteroatoms. The summed E-state index contributed by atoms with van der Waals surface area (Å²) >= 11 is 0. The highest BCUT2D eigenvalue weighted by atomic mass is 14.9. The SMILES string of the molecule is c1ccc(CNCc2cc(Nc3ccc(NCCc4c[nH]c5ccccc45)cc3)ccn2)cc1. The van der Waals surface area contributed by atoms with Gasteiger partial charge in [-0.3, -0.25) is 4.98 Å². The number of fused-ring (bicyclic) bond motifs is 1. The Bertz CT molecular complexity index is 1330. The smallest absolute Gasteiger partial charge is 0.0562 e. The van der Waals surface area contributed by atoms with Crippen molar-refractivity contribution in [3.8, 4) is 0 Å². The van der Waals surface area contributed by atoms with Crippen molar-refractivity contribution in [2.24, 2.45) is 0 Å². The van der Waals surface area contributed by atoms with Crippen LogP contribution in [0.5, 0.6) is 0 Å². The van der Waals surface area contributed by atoms with E-state index in [2.05, 4.69) is 111 Å². The maximum atomic E-state index is 4.49. The quantitative estimate of drug-likeness (QED) is 0.204. The molecule has 5 aromatic rings. The maximum absolute atomic E-state index is 4.49. The summed E-state index contributed by atoms with van der Waals surface area (Å²) < 4.78 is 0. The van der Waals surface area contributed by atoms with Gasteiger partial charge >= 0.3 is 0 Å². The zero-order chi connectivity index (χ0) is 23.0. The van der Waals surface area contributed by atoms with Crippen molar-refractivity contribution in [1.29, 1.82) is 0 Å². The van der Waals surface area contributed by atoms with E-state index >= 15 is 0 Å². The minimum absolute atomic E-state index is 0.726. The molecule has 3 aromatic carbocycles. The Kier molecular flexibility index (Phi) is 6.83. The molecule has 0 spiro atoms. The van der Waals surface area contributed by atoms with Crippen molar-refractivity contribution in [1.82, 2.24) is 15.3 Å². The van der Waals surface area contributed by atoms with E-state index < -0.39 is 0 Å². The summed E-state index contributed by atoms with van der Waals surface area (Å²) in [6, 6.07) is 31.3. The topological polar surface area (TPSA) is 64.8 Å². The minimum atomic E-state index is 0.726. The lowest BCUT2D eigenvalue weighted by atomic mass is 10.1. The number of benzene rings is 3. The van der Waals surface area contributed by atoms with Crippen LogP contribution >= 0.6 is 0 Å². The Balaban J connectivity index is 1.11. The first-order chi connectivity index (χ1) is 16.8. The highest BCUT2D eigenvalue weighted by Crippen LogP contribution is 2.21. The van der Waals surface area contributed by atoms with E-state index in [0.717, 1.165) is 48.8 Å². The Morgan fingerprint density at radius 2 is 1.53 bits per heavy atom. The van der Waals surface area contributed by atoms with Crippen LogP contribution in [0.1, 0.15) is 16.8 Å². The van der Waals surface area contributed by atoms with Crippen molar-refractivity contribution in [2.75, 3.05) is 17.2 Å². The number of aromatic amines is 1. The zero-order valence-corrected chi connectivity index (χ0v) is 19.1. The van der Waals surface area contributed by atoms with Gasteiger partial charge in [0.05, 0.1) is 5.69 Å². The van der Waals surface area contributed by atoms with Gasteiger partial charge in [0.15, 0.2) is 0 Å². The van der Waals surface area contributed by atoms with Gasteiger partial charge in [-0.05, 0) is 60.0 Å². The lowest BCUT2D eigenvalue weighted by molar-refractivity contribution is 0.680. The summed E-state index contributed by atoms with van der Waals surface area (Å²) in [6.45, 7) is 2.44. The monoisotopic (exact) mass is 447 g/mol. The number of aromatic nitrogens is 2. The summed E-state index contributed by atoms with van der Waals surface area (Å²) in [5, 5.41) is 11.8. The molecule has 0 saturated carbocycles. The van der Waals surface area contributed by atoms with Crippen LogP contribution in [0.3, 0.4) is 0 Å². The van der Waals surface area contributed by atoms with Gasteiger partial charge in [0, 0.05) is 60.0 Å². The van der Waals surface area contributed by atoms with Gasteiger partial charge in [0.1, 0.15) is 0 Å². The molecule has 0 atom stereocenters. The second-order valence-electron chi connectivity index (χ2n) is 8.36. The Morgan fingerprint density at radius 1 is 0.735 bits per heavy atom. The van der Waals surface area contributed by atoms with E-state index in [0.29, 0.717) is 0 Å². The molecule has 2 heterocycles. The highest BCUT2D eigenvalue weighted by Gasteiger charge is 2.03. The van der Waals surface area contributed by atoms with Gasteiger partial charge in [-0.1, -0.05) is 48.5 Å². The first-order valence-electron chi connectivity index (χ1n) is 11.7. The fraction of sp³-hybridized carbons (Fsp3) is 0.138. The summed E-state index contributed by atoms with van der Waals surface area (Å²) in [6.07, 6.45) is 4.93. The number of anilines is 3. The number of hydrogen-bond donors (Lipinski definition) is 4. The van der Waals surface area contributed by atoms with Gasteiger partial charge < -0.3 is 20.9 Å². The van der Waals surface area contributed by atoms with E-state index in [1.54, 1.807) is 0 Å². The number of H-pyrrole nitrogens is 1. The number of para-hydroxylation sites is 1. The third-order valence-corrected chi connectivity index (χ3v) is 5.87. The highest BCUT2D eigenvalue weighted by molar-refractivity contribution is 5.83. The second kappa shape index (κ2) is 10.7. The van der Waals surface area contributed by atoms with Crippen LogP contribution in [0.4, 0.5) is 17.1 Å². The summed E-state index contributed by atoms with van der Waals surface area (Å²) in [5.74, 6) is 0. The molecule has 4 N–H and O–H groups in total. The summed E-state index contributed by atoms with van der Waals surface area (Å²) in [5.41, 5.74) is 8.02. The van der Waals surface area contributed by atoms with Gasteiger partial charge in [0.2, 0.25) is 0 Å². The standard InChI is InChI=1S/C29H29N5/c1-2-6-22(7-3-1)19-30-21-27-18-26(15-17-32-27)34-25-12-10-24(11-13-25)31-16-14-23-20-33-29-9-5-4-8-28(23)29/h1-13,15,17-18,20,30-31,33H,14,16,19,21H2,(H,32,34). The predicted molar refractivity (Wildman–Crippen MR) is 141 cm³/mol. The fourth-order valence-electron chi connectivity index (χ4n) is 4.10. The predicted octanol–water partition coefficient (Wildman–Crippen LogP) is 6.25. The van der Waals surface area contributed by atoms with E-state index in [4.69, 9.17) is 0 Å². The molecule has 0 amide bonds. The Hall–Kier alpha value is -4.09. The van der Waals surface area contributed by atoms with E-state index in [9.17, 15) is 0 Å². The van der Waals surface area contributed by atoms with E-state index in [1.807, 2.05) is 18.3 Å². The van der Waals surface area contributed by atoms with Crippen LogP contribution in [0.25, 0.3) is 10.9 Å². The Labute approximate surface area is 200 Å². The Morgan fingerprint density at radius 3 is 2.41 bits per heavy atom. The van der Waals surface area contributed by atoms with Gasteiger partial charge in [-0.2, -0.15) is 0 Å². The van der Waals surface area contributed by atoms with E-state index in [1.165, 1.54) is 22.0 Å². The molecular formula is C29H29N5. The average molecular weight is 448 g/mol. The number of nitrogens with one attached hydrogen (secondary N) is 4. The van der Waals surface area contributed by atoms with Crippen molar-refractivity contribution in [2.45, 2.75) is 19.5 Å². The van der Waals surface area contributed by atoms with Crippen LogP contribution in [-0.2, 0) is 19.5 Å². The molecule has 0 aliphatic rings. The molecule has 0 saturated heterocycles. The second-order valence-corrected chi connectivity index (χ2v) is 8.36. The lowest BCUT2D eigenvalue weighted by Gasteiger charge is -2.11. The average Bonchev–Trinajstić information content (AvgIpc) is 3.29. The molecule has 0 radical (unpaired) electrons. The number of pyridine rings is 1. The summed E-state index contributed by atoms with van der Waals surface area (Å²) in [7, 11) is 0. The first-order valence-corrected chi connectivity index (χ1v) is 11.7. The fourth-order valence-corrected chi connectivity index (χ4v) is 4.10. The van der Waals surface area contributed by atoms with Crippen LogP contribution in [0.15, 0.2) is 103 Å². The van der Waals surface area contributed by atoms with E-state index in [-0.39, 0.29) is 0 Å². The number of hydrogen-bond acceptors (Lipinski definition) is 4. The molecule has 170 valence electrons. The normalized spacial score (nSPS) is 10.9. The zero-order valence-electron chi connectivity index (χ0n) is 19.1. The third-order valence-electron chi connectivity index (χ3n) is 5.87. The van der Waals surface area contributed by atoms with Crippen LogP contribution in [0, 0.1) is 0 Å². The largest absolute Gasteiger partial charge is 0.385 e. The third kappa shape index (κ3) is 5.63. The molecule has 34 heavy (non-hydrogen) atoms. The summed E-state index contributed by atoms with van der Waals surface area (Å²) in [4.78, 5) is 7.83. The molecule has 0 bridgehead atoms. The van der Waals surface area contributed by atoms with Crippen LogP contribution in [0.2, 0.25) is 0 Å². The van der Waals surface area contributed by atoms with Crippen molar-refractivity contribution in [3.05, 3.63) is 120 Å². The number of nitrogens with zero attached hydrogens (tertiary/aromatic N) is 1. The molecule has 0 unspecified atom stereocenters. The molecule has 0 aliphatic heterocycles. The van der Waals surface area contributed by atoms with Crippen molar-refractivity contribution < 1.29 is 0 Å². The van der Waals surface area contributed by atoms with Crippen molar-refractivity contribution >= 4 is 28.0 Å². The minimum Gasteiger partial charge on any atom is -0.385 e. The molecule has 0 fully saturated rings. The van der Waals surface area contributed by atoms with Gasteiger partial charge in [0.25, 0.3) is 0 Å². The first kappa shape index (κ1) is 21.7.